The van der Waals surface area contributed by atoms with Crippen molar-refractivity contribution in [2.24, 2.45) is 0 Å². The second-order valence-electron chi connectivity index (χ2n) is 6.28. The van der Waals surface area contributed by atoms with Crippen LogP contribution in [0.3, 0.4) is 0 Å². The molecule has 1 atom stereocenters. The topological polar surface area (TPSA) is 64.2 Å². The van der Waals surface area contributed by atoms with Crippen molar-refractivity contribution >= 4 is 17.7 Å². The van der Waals surface area contributed by atoms with Gasteiger partial charge >= 0.3 is 0 Å². The summed E-state index contributed by atoms with van der Waals surface area (Å²) >= 11 is 1.66. The Morgan fingerprint density at radius 2 is 2.15 bits per heavy atom. The monoisotopic (exact) mass is 384 g/mol. The van der Waals surface area contributed by atoms with Crippen molar-refractivity contribution < 1.29 is 13.6 Å². The van der Waals surface area contributed by atoms with Crippen molar-refractivity contribution in [2.45, 2.75) is 23.9 Å². The molecule has 0 saturated carbocycles. The molecule has 0 saturated heterocycles. The Labute approximate surface area is 159 Å². The fourth-order valence-corrected chi connectivity index (χ4v) is 4.19. The van der Waals surface area contributed by atoms with Crippen molar-refractivity contribution in [3.63, 3.8) is 0 Å². The molecule has 27 heavy (non-hydrogen) atoms. The Morgan fingerprint density at radius 1 is 1.26 bits per heavy atom. The molecule has 2 aromatic heterocycles. The Kier molecular flexibility index (Phi) is 4.85. The van der Waals surface area contributed by atoms with E-state index in [9.17, 15) is 14.0 Å². The largest absolute Gasteiger partial charge is 0.454 e. The third kappa shape index (κ3) is 3.83. The second-order valence-corrected chi connectivity index (χ2v) is 7.41. The summed E-state index contributed by atoms with van der Waals surface area (Å²) in [6.45, 7) is 0.251. The number of nitrogens with zero attached hydrogens (tertiary/aromatic N) is 1. The van der Waals surface area contributed by atoms with Gasteiger partial charge in [-0.25, -0.2) is 4.39 Å². The van der Waals surface area contributed by atoms with Crippen LogP contribution in [0, 0.1) is 5.82 Å². The molecule has 3 aromatic rings. The molecule has 4 rings (SSSR count). The molecule has 138 valence electrons. The summed E-state index contributed by atoms with van der Waals surface area (Å²) < 4.78 is 20.7. The standard InChI is InChI=1S/C20H17FN2O3S/c21-13-4-7-18-15(11-13)16(8-10-27-18)22-20(25)17-6-5-14(26-17)12-23-9-2-1-3-19(23)24/h1-7,9,11,16H,8,10,12H2,(H,22,25). The highest BCUT2D eigenvalue weighted by atomic mass is 32.2. The van der Waals surface area contributed by atoms with Crippen molar-refractivity contribution in [1.29, 1.82) is 0 Å². The van der Waals surface area contributed by atoms with Crippen LogP contribution < -0.4 is 10.9 Å². The molecule has 0 spiro atoms. The second kappa shape index (κ2) is 7.44. The van der Waals surface area contributed by atoms with Crippen molar-refractivity contribution in [3.05, 3.63) is 88.0 Å². The minimum Gasteiger partial charge on any atom is -0.454 e. The van der Waals surface area contributed by atoms with E-state index in [1.807, 2.05) is 0 Å². The molecule has 1 aromatic carbocycles. The molecule has 1 aliphatic heterocycles. The van der Waals surface area contributed by atoms with E-state index >= 15 is 0 Å². The predicted molar refractivity (Wildman–Crippen MR) is 100 cm³/mol. The van der Waals surface area contributed by atoms with E-state index < -0.39 is 0 Å². The number of nitrogens with one attached hydrogen (secondary N) is 1. The highest BCUT2D eigenvalue weighted by molar-refractivity contribution is 7.99. The van der Waals surface area contributed by atoms with Crippen LogP contribution in [0.2, 0.25) is 0 Å². The molecule has 1 amide bonds. The van der Waals surface area contributed by atoms with Crippen LogP contribution in [0.5, 0.6) is 0 Å². The van der Waals surface area contributed by atoms with Crippen molar-refractivity contribution in [1.82, 2.24) is 9.88 Å². The van der Waals surface area contributed by atoms with E-state index in [2.05, 4.69) is 5.32 Å². The SMILES string of the molecule is O=C(NC1CCSc2ccc(F)cc21)c1ccc(Cn2ccccc2=O)o1. The number of amides is 1. The molecular weight excluding hydrogens is 367 g/mol. The van der Waals surface area contributed by atoms with Gasteiger partial charge in [-0.15, -0.1) is 11.8 Å². The predicted octanol–water partition coefficient (Wildman–Crippen LogP) is 3.60. The van der Waals surface area contributed by atoms with E-state index in [1.54, 1.807) is 48.3 Å². The molecule has 5 nitrogen and oxygen atoms in total. The van der Waals surface area contributed by atoms with Crippen LogP contribution >= 0.6 is 11.8 Å². The number of hydrogen-bond donors (Lipinski definition) is 1. The van der Waals surface area contributed by atoms with E-state index in [0.29, 0.717) is 5.76 Å². The Bertz CT molecular complexity index is 1040. The van der Waals surface area contributed by atoms with E-state index in [1.165, 1.54) is 22.8 Å². The lowest BCUT2D eigenvalue weighted by molar-refractivity contribution is 0.0904. The lowest BCUT2D eigenvalue weighted by Crippen LogP contribution is -2.30. The van der Waals surface area contributed by atoms with Crippen LogP contribution in [-0.2, 0) is 6.54 Å². The highest BCUT2D eigenvalue weighted by Gasteiger charge is 2.24. The van der Waals surface area contributed by atoms with Gasteiger partial charge in [-0.1, -0.05) is 6.07 Å². The molecule has 1 unspecified atom stereocenters. The lowest BCUT2D eigenvalue weighted by Gasteiger charge is -2.25. The molecule has 0 aliphatic carbocycles. The zero-order valence-corrected chi connectivity index (χ0v) is 15.2. The first-order valence-electron chi connectivity index (χ1n) is 8.57. The van der Waals surface area contributed by atoms with Crippen LogP contribution in [0.1, 0.15) is 34.3 Å². The summed E-state index contributed by atoms with van der Waals surface area (Å²) in [5.74, 6) is 0.867. The smallest absolute Gasteiger partial charge is 0.287 e. The van der Waals surface area contributed by atoms with Crippen molar-refractivity contribution in [2.75, 3.05) is 5.75 Å². The van der Waals surface area contributed by atoms with E-state index in [4.69, 9.17) is 4.42 Å². The third-order valence-corrected chi connectivity index (χ3v) is 5.55. The molecule has 0 bridgehead atoms. The molecule has 1 N–H and O–H groups in total. The number of pyridine rings is 1. The van der Waals surface area contributed by atoms with Gasteiger partial charge in [0.2, 0.25) is 0 Å². The number of hydrogen-bond acceptors (Lipinski definition) is 4. The summed E-state index contributed by atoms with van der Waals surface area (Å²) in [6, 6.07) is 12.6. The minimum absolute atomic E-state index is 0.141. The number of carbonyl (C=O) groups is 1. The number of carbonyl (C=O) groups excluding carboxylic acids is 1. The van der Waals surface area contributed by atoms with Gasteiger partial charge in [0.15, 0.2) is 5.76 Å². The first kappa shape index (κ1) is 17.6. The van der Waals surface area contributed by atoms with Gasteiger partial charge in [0.1, 0.15) is 11.6 Å². The quantitative estimate of drug-likeness (QED) is 0.747. The van der Waals surface area contributed by atoms with Gasteiger partial charge in [-0.05, 0) is 48.4 Å². The fourth-order valence-electron chi connectivity index (χ4n) is 3.09. The Hall–Kier alpha value is -2.80. The average Bonchev–Trinajstić information content (AvgIpc) is 3.13. The van der Waals surface area contributed by atoms with Crippen LogP contribution in [0.4, 0.5) is 4.39 Å². The van der Waals surface area contributed by atoms with Gasteiger partial charge in [0.25, 0.3) is 11.5 Å². The van der Waals surface area contributed by atoms with Gasteiger partial charge < -0.3 is 14.3 Å². The summed E-state index contributed by atoms with van der Waals surface area (Å²) in [5, 5.41) is 2.93. The van der Waals surface area contributed by atoms with Crippen LogP contribution in [0.25, 0.3) is 0 Å². The Morgan fingerprint density at radius 3 is 3.00 bits per heavy atom. The van der Waals surface area contributed by atoms with Gasteiger partial charge in [0.05, 0.1) is 12.6 Å². The lowest BCUT2D eigenvalue weighted by atomic mass is 10.0. The van der Waals surface area contributed by atoms with Gasteiger partial charge in [-0.2, -0.15) is 0 Å². The summed E-state index contributed by atoms with van der Waals surface area (Å²) in [5.41, 5.74) is 0.653. The Balaban J connectivity index is 1.49. The van der Waals surface area contributed by atoms with Crippen LogP contribution in [-0.4, -0.2) is 16.2 Å². The first-order chi connectivity index (χ1) is 13.1. The minimum atomic E-state index is -0.353. The summed E-state index contributed by atoms with van der Waals surface area (Å²) in [7, 11) is 0. The number of benzene rings is 1. The maximum Gasteiger partial charge on any atom is 0.287 e. The molecule has 3 heterocycles. The fraction of sp³-hybridized carbons (Fsp3) is 0.200. The van der Waals surface area contributed by atoms with Gasteiger partial charge in [-0.3, -0.25) is 9.59 Å². The maximum absolute atomic E-state index is 13.6. The van der Waals surface area contributed by atoms with Gasteiger partial charge in [0, 0.05) is 22.9 Å². The third-order valence-electron chi connectivity index (χ3n) is 4.43. The van der Waals surface area contributed by atoms with E-state index in [0.717, 1.165) is 22.6 Å². The highest BCUT2D eigenvalue weighted by Crippen LogP contribution is 2.36. The number of aromatic nitrogens is 1. The maximum atomic E-state index is 13.6. The number of halogens is 1. The molecule has 7 heteroatoms. The first-order valence-corrected chi connectivity index (χ1v) is 9.56. The van der Waals surface area contributed by atoms with Crippen molar-refractivity contribution in [3.8, 4) is 0 Å². The summed E-state index contributed by atoms with van der Waals surface area (Å²) in [4.78, 5) is 25.3. The number of thioether (sulfide) groups is 1. The summed E-state index contributed by atoms with van der Waals surface area (Å²) in [6.07, 6.45) is 2.38. The normalized spacial score (nSPS) is 16.0. The number of rotatable bonds is 4. The molecular formula is C20H17FN2O3S. The number of furan rings is 1. The molecule has 0 fully saturated rings. The zero-order chi connectivity index (χ0) is 18.8. The molecule has 1 aliphatic rings. The number of fused-ring (bicyclic) bond motifs is 1. The average molecular weight is 384 g/mol. The molecule has 0 radical (unpaired) electrons. The zero-order valence-electron chi connectivity index (χ0n) is 14.4. The van der Waals surface area contributed by atoms with Crippen LogP contribution in [0.15, 0.2) is 68.8 Å². The van der Waals surface area contributed by atoms with E-state index in [-0.39, 0.29) is 35.6 Å².